The zero-order chi connectivity index (χ0) is 31.7. The predicted molar refractivity (Wildman–Crippen MR) is 175 cm³/mol. The molecule has 0 aromatic rings. The Kier molecular flexibility index (Phi) is 26.1. The number of hydrogen-bond donors (Lipinski definition) is 3. The van der Waals surface area contributed by atoms with Crippen LogP contribution in [0.4, 0.5) is 0 Å². The summed E-state index contributed by atoms with van der Waals surface area (Å²) in [6.07, 6.45) is 19.1. The lowest BCUT2D eigenvalue weighted by Crippen LogP contribution is -2.49. The Balaban J connectivity index is -0.000000522. The van der Waals surface area contributed by atoms with E-state index >= 15 is 0 Å². The van der Waals surface area contributed by atoms with Gasteiger partial charge < -0.3 is 16.0 Å². The molecule has 0 saturated heterocycles. The lowest BCUT2D eigenvalue weighted by molar-refractivity contribution is -0.124. The highest BCUT2D eigenvalue weighted by Gasteiger charge is 2.32. The average molecular weight is 562 g/mol. The number of nitrogens with one attached hydrogen (secondary N) is 3. The van der Waals surface area contributed by atoms with Gasteiger partial charge in [0.05, 0.1) is 16.6 Å². The zero-order valence-electron chi connectivity index (χ0n) is 27.3. The minimum atomic E-state index is -0.344. The number of allylic oxidation sites excluding steroid dienone is 4. The highest BCUT2D eigenvalue weighted by molar-refractivity contribution is 5.86. The van der Waals surface area contributed by atoms with E-state index in [1.165, 1.54) is 0 Å². The minimum absolute atomic E-state index is 0.203. The second-order valence-electron chi connectivity index (χ2n) is 10.9. The molecular weight excluding hydrogens is 498 g/mol. The summed E-state index contributed by atoms with van der Waals surface area (Å²) in [7, 11) is 5.54. The number of likely N-dealkylation sites (N-methyl/N-ethyl adjacent to an activating group) is 3. The fourth-order valence-electron chi connectivity index (χ4n) is 4.15. The van der Waals surface area contributed by atoms with Crippen molar-refractivity contribution in [2.45, 2.75) is 128 Å². The summed E-state index contributed by atoms with van der Waals surface area (Å²) in [6, 6.07) is 0. The number of ketones is 3. The third-order valence-electron chi connectivity index (χ3n) is 8.00. The molecule has 0 heterocycles. The third-order valence-corrected chi connectivity index (χ3v) is 8.00. The Morgan fingerprint density at radius 2 is 0.800 bits per heavy atom. The quantitative estimate of drug-likeness (QED) is 0.0968. The first-order valence-corrected chi connectivity index (χ1v) is 14.8. The Labute approximate surface area is 247 Å². The van der Waals surface area contributed by atoms with Crippen molar-refractivity contribution in [2.24, 2.45) is 0 Å². The fourth-order valence-corrected chi connectivity index (χ4v) is 4.15. The molecule has 2 atom stereocenters. The molecular formula is C34H63N3O3. The summed E-state index contributed by atoms with van der Waals surface area (Å²) < 4.78 is 0. The van der Waals surface area contributed by atoms with Crippen LogP contribution >= 0.6 is 0 Å². The van der Waals surface area contributed by atoms with Gasteiger partial charge in [0.1, 0.15) is 17.3 Å². The van der Waals surface area contributed by atoms with Crippen molar-refractivity contribution in [2.75, 3.05) is 21.1 Å². The molecule has 0 unspecified atom stereocenters. The fraction of sp³-hybridized carbons (Fsp3) is 0.676. The van der Waals surface area contributed by atoms with Gasteiger partial charge in [0.15, 0.2) is 0 Å². The molecule has 6 nitrogen and oxygen atoms in total. The maximum atomic E-state index is 11.8. The van der Waals surface area contributed by atoms with E-state index in [-0.39, 0.29) is 34.0 Å². The Morgan fingerprint density at radius 1 is 0.525 bits per heavy atom. The summed E-state index contributed by atoms with van der Waals surface area (Å²) in [4.78, 5) is 34.2. The molecule has 0 aromatic carbocycles. The zero-order valence-corrected chi connectivity index (χ0v) is 27.3. The van der Waals surface area contributed by atoms with Crippen LogP contribution in [0.5, 0.6) is 0 Å². The predicted octanol–water partition coefficient (Wildman–Crippen LogP) is 7.07. The Hall–Kier alpha value is -2.15. The molecule has 0 aliphatic carbocycles. The van der Waals surface area contributed by atoms with Crippen LogP contribution < -0.4 is 16.0 Å². The normalized spacial score (nSPS) is 13.6. The highest BCUT2D eigenvalue weighted by atomic mass is 16.1. The second-order valence-corrected chi connectivity index (χ2v) is 10.9. The van der Waals surface area contributed by atoms with Gasteiger partial charge >= 0.3 is 0 Å². The van der Waals surface area contributed by atoms with Crippen molar-refractivity contribution in [3.05, 3.63) is 50.6 Å². The van der Waals surface area contributed by atoms with E-state index in [1.807, 2.05) is 59.3 Å². The molecule has 0 aliphatic heterocycles. The van der Waals surface area contributed by atoms with E-state index in [2.05, 4.69) is 42.3 Å². The number of carbonyl (C=O) groups is 3. The van der Waals surface area contributed by atoms with Gasteiger partial charge in [0.25, 0.3) is 0 Å². The topological polar surface area (TPSA) is 87.3 Å². The second kappa shape index (κ2) is 24.6. The van der Waals surface area contributed by atoms with Gasteiger partial charge in [-0.2, -0.15) is 0 Å². The SMILES string of the molecule is C=CCCCC(CCCC=C)(NC)C(C)=O.C=CCCC[C@@](C)(NC)C(C)=O.C=CCCC[C@](C)(NC)C(C)=O. The largest absolute Gasteiger partial charge is 0.308 e. The van der Waals surface area contributed by atoms with Crippen LogP contribution in [0.15, 0.2) is 50.6 Å². The van der Waals surface area contributed by atoms with E-state index < -0.39 is 0 Å². The van der Waals surface area contributed by atoms with Gasteiger partial charge in [0, 0.05) is 0 Å². The van der Waals surface area contributed by atoms with Crippen LogP contribution in [-0.4, -0.2) is 55.1 Å². The van der Waals surface area contributed by atoms with E-state index in [9.17, 15) is 14.4 Å². The van der Waals surface area contributed by atoms with Crippen molar-refractivity contribution in [1.82, 2.24) is 16.0 Å². The molecule has 6 heteroatoms. The van der Waals surface area contributed by atoms with Crippen LogP contribution in [0.3, 0.4) is 0 Å². The van der Waals surface area contributed by atoms with E-state index in [0.29, 0.717) is 0 Å². The van der Waals surface area contributed by atoms with Crippen molar-refractivity contribution in [1.29, 1.82) is 0 Å². The lowest BCUT2D eigenvalue weighted by Gasteiger charge is -2.31. The molecule has 232 valence electrons. The van der Waals surface area contributed by atoms with E-state index in [0.717, 1.165) is 77.0 Å². The molecule has 0 amide bonds. The van der Waals surface area contributed by atoms with E-state index in [4.69, 9.17) is 0 Å². The van der Waals surface area contributed by atoms with Crippen molar-refractivity contribution in [3.8, 4) is 0 Å². The highest BCUT2D eigenvalue weighted by Crippen LogP contribution is 2.23. The minimum Gasteiger partial charge on any atom is -0.308 e. The van der Waals surface area contributed by atoms with Gasteiger partial charge in [-0.05, 0) is 133 Å². The van der Waals surface area contributed by atoms with Crippen molar-refractivity contribution >= 4 is 17.3 Å². The molecule has 0 aliphatic rings. The molecule has 0 saturated carbocycles. The summed E-state index contributed by atoms with van der Waals surface area (Å²) >= 11 is 0. The molecule has 0 radical (unpaired) electrons. The van der Waals surface area contributed by atoms with E-state index in [1.54, 1.807) is 20.8 Å². The number of rotatable bonds is 22. The van der Waals surface area contributed by atoms with Crippen LogP contribution in [0.1, 0.15) is 112 Å². The Morgan fingerprint density at radius 3 is 0.975 bits per heavy atom. The van der Waals surface area contributed by atoms with Crippen LogP contribution in [0.25, 0.3) is 0 Å². The summed E-state index contributed by atoms with van der Waals surface area (Å²) in [5, 5.41) is 9.32. The molecule has 0 rings (SSSR count). The first kappa shape index (κ1) is 42.3. The van der Waals surface area contributed by atoms with Gasteiger partial charge in [-0.1, -0.05) is 24.3 Å². The van der Waals surface area contributed by atoms with Gasteiger partial charge in [-0.25, -0.2) is 0 Å². The molecule has 0 spiro atoms. The maximum Gasteiger partial charge on any atom is 0.149 e. The van der Waals surface area contributed by atoms with Crippen LogP contribution in [-0.2, 0) is 14.4 Å². The molecule has 0 bridgehead atoms. The summed E-state index contributed by atoms with van der Waals surface area (Å²) in [5.74, 6) is 0.645. The third kappa shape index (κ3) is 18.2. The number of carbonyl (C=O) groups excluding carboxylic acids is 3. The van der Waals surface area contributed by atoms with Gasteiger partial charge in [0.2, 0.25) is 0 Å². The number of hydrogen-bond acceptors (Lipinski definition) is 6. The molecule has 3 N–H and O–H groups in total. The summed E-state index contributed by atoms with van der Waals surface area (Å²) in [5.41, 5.74) is -1.03. The number of unbranched alkanes of at least 4 members (excludes halogenated alkanes) is 4. The molecule has 40 heavy (non-hydrogen) atoms. The monoisotopic (exact) mass is 561 g/mol. The standard InChI is InChI=1S/C14H25NO.2C10H19NO/c1-5-7-9-11-14(15-4,13(3)16)12-10-8-6-2;2*1-5-6-7-8-10(3,11-4)9(2)12/h5-6,15H,1-2,7-12H2,3-4H3;2*5,11H,1,6-8H2,2-4H3/t;2*10-/m.10/s1. The van der Waals surface area contributed by atoms with Crippen LogP contribution in [0.2, 0.25) is 0 Å². The molecule has 0 fully saturated rings. The maximum absolute atomic E-state index is 11.8. The van der Waals surface area contributed by atoms with Crippen molar-refractivity contribution in [3.63, 3.8) is 0 Å². The molecule has 0 aromatic heterocycles. The average Bonchev–Trinajstić information content (AvgIpc) is 2.92. The van der Waals surface area contributed by atoms with Gasteiger partial charge in [-0.15, -0.1) is 26.3 Å². The first-order chi connectivity index (χ1) is 18.8. The number of Topliss-reactive ketones (excluding diaryl/α,β-unsaturated/α-hetero) is 3. The van der Waals surface area contributed by atoms with Crippen molar-refractivity contribution < 1.29 is 14.4 Å². The first-order valence-electron chi connectivity index (χ1n) is 14.8. The van der Waals surface area contributed by atoms with Gasteiger partial charge in [-0.3, -0.25) is 14.4 Å². The lowest BCUT2D eigenvalue weighted by atomic mass is 9.84. The summed E-state index contributed by atoms with van der Waals surface area (Å²) in [6.45, 7) is 23.5. The Bertz CT molecular complexity index is 710. The smallest absolute Gasteiger partial charge is 0.149 e. The van der Waals surface area contributed by atoms with Crippen LogP contribution in [0, 0.1) is 0 Å².